The molecule has 2 aliphatic rings. The number of amides is 2. The molecule has 0 atom stereocenters. The number of fused-ring (bicyclic) bond motifs is 1. The molecule has 2 aliphatic heterocycles. The van der Waals surface area contributed by atoms with Crippen LogP contribution in [0.3, 0.4) is 0 Å². The van der Waals surface area contributed by atoms with Crippen molar-refractivity contribution in [2.24, 2.45) is 0 Å². The highest BCUT2D eigenvalue weighted by Crippen LogP contribution is 2.45. The highest BCUT2D eigenvalue weighted by Gasteiger charge is 2.41. The molecule has 1 saturated heterocycles. The molecule has 2 aromatic rings. The minimum atomic E-state index is -0.261. The van der Waals surface area contributed by atoms with E-state index in [0.29, 0.717) is 27.1 Å². The summed E-state index contributed by atoms with van der Waals surface area (Å²) in [6.45, 7) is 2.70. The van der Waals surface area contributed by atoms with Crippen LogP contribution in [0.2, 0.25) is 0 Å². The fourth-order valence-corrected chi connectivity index (χ4v) is 4.77. The number of hydrogen-bond acceptors (Lipinski definition) is 5. The second-order valence-electron chi connectivity index (χ2n) is 5.75. The van der Waals surface area contributed by atoms with E-state index in [4.69, 9.17) is 16.6 Å². The van der Waals surface area contributed by atoms with Crippen LogP contribution in [0.4, 0.5) is 5.69 Å². The van der Waals surface area contributed by atoms with E-state index in [9.17, 15) is 9.59 Å². The van der Waals surface area contributed by atoms with Gasteiger partial charge in [-0.05, 0) is 37.3 Å². The molecule has 8 heteroatoms. The third-order valence-corrected chi connectivity index (χ3v) is 6.21. The molecule has 0 N–H and O–H groups in total. The van der Waals surface area contributed by atoms with Crippen LogP contribution < -0.4 is 4.90 Å². The van der Waals surface area contributed by atoms with Crippen LogP contribution in [-0.2, 0) is 16.1 Å². The maximum absolute atomic E-state index is 13.0. The molecule has 0 radical (unpaired) electrons. The number of likely N-dealkylation sites (N-methyl/N-ethyl adjacent to an activating group) is 1. The van der Waals surface area contributed by atoms with E-state index < -0.39 is 0 Å². The third-order valence-electron chi connectivity index (χ3n) is 4.26. The number of carbonyl (C=O) groups excluding carboxylic acids is 2. The van der Waals surface area contributed by atoms with Crippen LogP contribution in [0.25, 0.3) is 5.57 Å². The van der Waals surface area contributed by atoms with Gasteiger partial charge in [-0.25, -0.2) is 0 Å². The molecular formula is C18H13BrN2O3S2. The van der Waals surface area contributed by atoms with Crippen molar-refractivity contribution in [3.05, 3.63) is 57.3 Å². The van der Waals surface area contributed by atoms with Crippen molar-refractivity contribution in [2.75, 3.05) is 11.4 Å². The Balaban J connectivity index is 1.79. The van der Waals surface area contributed by atoms with Gasteiger partial charge in [-0.2, -0.15) is 0 Å². The van der Waals surface area contributed by atoms with E-state index in [1.165, 1.54) is 16.7 Å². The highest BCUT2D eigenvalue weighted by molar-refractivity contribution is 9.10. The van der Waals surface area contributed by atoms with Crippen molar-refractivity contribution < 1.29 is 14.0 Å². The monoisotopic (exact) mass is 448 g/mol. The fourth-order valence-electron chi connectivity index (χ4n) is 3.08. The van der Waals surface area contributed by atoms with E-state index >= 15 is 0 Å². The number of anilines is 1. The summed E-state index contributed by atoms with van der Waals surface area (Å²) < 4.78 is 6.60. The number of benzene rings is 1. The highest BCUT2D eigenvalue weighted by atomic mass is 79.9. The van der Waals surface area contributed by atoms with Crippen molar-refractivity contribution in [3.63, 3.8) is 0 Å². The summed E-state index contributed by atoms with van der Waals surface area (Å²) in [6, 6.07) is 9.20. The van der Waals surface area contributed by atoms with Gasteiger partial charge in [0.25, 0.3) is 11.8 Å². The van der Waals surface area contributed by atoms with E-state index in [1.807, 2.05) is 25.1 Å². The Morgan fingerprint density at radius 2 is 2.00 bits per heavy atom. The number of thiocarbonyl (C=S) groups is 1. The van der Waals surface area contributed by atoms with Gasteiger partial charge in [0.1, 0.15) is 10.1 Å². The molecule has 3 heterocycles. The molecule has 1 aromatic carbocycles. The molecule has 0 bridgehead atoms. The average Bonchev–Trinajstić information content (AvgIpc) is 3.28. The zero-order chi connectivity index (χ0) is 18.4. The summed E-state index contributed by atoms with van der Waals surface area (Å²) in [5.41, 5.74) is 1.99. The summed E-state index contributed by atoms with van der Waals surface area (Å²) in [5, 5.41) is 0. The van der Waals surface area contributed by atoms with Crippen LogP contribution >= 0.6 is 39.9 Å². The maximum Gasteiger partial charge on any atom is 0.267 e. The predicted molar refractivity (Wildman–Crippen MR) is 109 cm³/mol. The van der Waals surface area contributed by atoms with Gasteiger partial charge in [0, 0.05) is 16.6 Å². The summed E-state index contributed by atoms with van der Waals surface area (Å²) in [5.74, 6) is 0.214. The van der Waals surface area contributed by atoms with Gasteiger partial charge in [0.15, 0.2) is 0 Å². The normalized spacial score (nSPS) is 19.7. The first-order valence-electron chi connectivity index (χ1n) is 7.93. The Labute approximate surface area is 168 Å². The second kappa shape index (κ2) is 6.68. The number of hydrogen-bond donors (Lipinski definition) is 0. The lowest BCUT2D eigenvalue weighted by atomic mass is 10.1. The summed E-state index contributed by atoms with van der Waals surface area (Å²) in [4.78, 5) is 29.5. The minimum absolute atomic E-state index is 0.168. The van der Waals surface area contributed by atoms with Gasteiger partial charge in [-0.1, -0.05) is 39.9 Å². The number of thioether (sulfide) groups is 1. The van der Waals surface area contributed by atoms with Crippen molar-refractivity contribution in [1.29, 1.82) is 0 Å². The smallest absolute Gasteiger partial charge is 0.267 e. The number of rotatable bonds is 3. The lowest BCUT2D eigenvalue weighted by Gasteiger charge is -2.13. The van der Waals surface area contributed by atoms with Gasteiger partial charge in [0.05, 0.1) is 29.0 Å². The first-order valence-corrected chi connectivity index (χ1v) is 9.95. The quantitative estimate of drug-likeness (QED) is 0.520. The zero-order valence-corrected chi connectivity index (χ0v) is 16.9. The van der Waals surface area contributed by atoms with Crippen molar-refractivity contribution in [2.45, 2.75) is 13.5 Å². The molecule has 132 valence electrons. The van der Waals surface area contributed by atoms with Crippen molar-refractivity contribution in [1.82, 2.24) is 4.90 Å². The van der Waals surface area contributed by atoms with Crippen LogP contribution in [0.1, 0.15) is 18.2 Å². The summed E-state index contributed by atoms with van der Waals surface area (Å²) >= 11 is 10.0. The molecule has 26 heavy (non-hydrogen) atoms. The molecule has 1 aromatic heterocycles. The molecule has 4 rings (SSSR count). The van der Waals surface area contributed by atoms with Gasteiger partial charge in [-0.3, -0.25) is 14.5 Å². The third kappa shape index (κ3) is 2.72. The van der Waals surface area contributed by atoms with Crippen molar-refractivity contribution >= 4 is 67.3 Å². The predicted octanol–water partition coefficient (Wildman–Crippen LogP) is 4.18. The van der Waals surface area contributed by atoms with Crippen LogP contribution in [0.15, 0.2) is 50.4 Å². The lowest BCUT2D eigenvalue weighted by Crippen LogP contribution is -2.29. The Morgan fingerprint density at radius 3 is 2.69 bits per heavy atom. The Kier molecular flexibility index (Phi) is 4.50. The number of furan rings is 1. The largest absolute Gasteiger partial charge is 0.467 e. The number of halogens is 1. The van der Waals surface area contributed by atoms with Gasteiger partial charge >= 0.3 is 0 Å². The van der Waals surface area contributed by atoms with E-state index in [0.717, 1.165) is 15.7 Å². The van der Waals surface area contributed by atoms with Gasteiger partial charge < -0.3 is 9.32 Å². The molecule has 2 amide bonds. The van der Waals surface area contributed by atoms with Gasteiger partial charge in [0.2, 0.25) is 0 Å². The topological polar surface area (TPSA) is 53.8 Å². The van der Waals surface area contributed by atoms with E-state index in [2.05, 4.69) is 15.9 Å². The van der Waals surface area contributed by atoms with E-state index in [1.54, 1.807) is 23.3 Å². The average molecular weight is 449 g/mol. The first kappa shape index (κ1) is 17.5. The number of nitrogens with zero attached hydrogens (tertiary/aromatic N) is 2. The maximum atomic E-state index is 13.0. The molecule has 0 spiro atoms. The SMILES string of the molecule is CCN1C(=O)C(=C2SC(=S)N(Cc3ccco3)C2=O)c2cc(Br)ccc21. The fraction of sp³-hybridized carbons (Fsp3) is 0.167. The Bertz CT molecular complexity index is 969. The first-order chi connectivity index (χ1) is 12.5. The molecule has 0 unspecified atom stereocenters. The Hall–Kier alpha value is -1.90. The zero-order valence-electron chi connectivity index (χ0n) is 13.7. The standard InChI is InChI=1S/C18H13BrN2O3S2/c1-2-20-13-6-5-10(19)8-12(13)14(16(20)22)15-17(23)21(18(25)26-15)9-11-4-3-7-24-11/h3-8H,2,9H2,1H3. The number of carbonyl (C=O) groups is 2. The lowest BCUT2D eigenvalue weighted by molar-refractivity contribution is -0.123. The second-order valence-corrected chi connectivity index (χ2v) is 8.31. The minimum Gasteiger partial charge on any atom is -0.467 e. The van der Waals surface area contributed by atoms with Gasteiger partial charge in [-0.15, -0.1) is 0 Å². The molecule has 0 saturated carbocycles. The molecule has 5 nitrogen and oxygen atoms in total. The molecule has 1 fully saturated rings. The molecule has 0 aliphatic carbocycles. The summed E-state index contributed by atoms with van der Waals surface area (Å²) in [6.07, 6.45) is 1.55. The van der Waals surface area contributed by atoms with Crippen molar-refractivity contribution in [3.8, 4) is 0 Å². The summed E-state index contributed by atoms with van der Waals surface area (Å²) in [7, 11) is 0. The van der Waals surface area contributed by atoms with Crippen LogP contribution in [0, 0.1) is 0 Å². The van der Waals surface area contributed by atoms with E-state index in [-0.39, 0.29) is 18.4 Å². The van der Waals surface area contributed by atoms with Crippen LogP contribution in [0.5, 0.6) is 0 Å². The molecular weight excluding hydrogens is 436 g/mol. The van der Waals surface area contributed by atoms with Crippen LogP contribution in [-0.4, -0.2) is 27.6 Å². The Morgan fingerprint density at radius 1 is 1.19 bits per heavy atom.